The molecular weight excluding hydrogens is 471 g/mol. The van der Waals surface area contributed by atoms with Gasteiger partial charge in [0.2, 0.25) is 0 Å². The monoisotopic (exact) mass is 498 g/mol. The van der Waals surface area contributed by atoms with Crippen molar-refractivity contribution in [2.45, 2.75) is 0 Å². The Morgan fingerprint density at radius 3 is 1.53 bits per heavy atom. The first-order chi connectivity index (χ1) is 17.7. The van der Waals surface area contributed by atoms with Crippen molar-refractivity contribution in [3.63, 3.8) is 0 Å². The third-order valence-electron chi connectivity index (χ3n) is 5.96. The number of rotatable bonds is 9. The second kappa shape index (κ2) is 11.0. The summed E-state index contributed by atoms with van der Waals surface area (Å²) in [7, 11) is 1.92. The van der Waals surface area contributed by atoms with Gasteiger partial charge in [-0.25, -0.2) is 0 Å². The lowest BCUT2D eigenvalue weighted by atomic mass is 10.1. The van der Waals surface area contributed by atoms with Crippen LogP contribution in [0.2, 0.25) is 0 Å². The SMILES string of the molecule is COCOc1c(P(c2ccccc2O)c2ccc3ccccc3c2OCOC)ccc2ccccc12. The van der Waals surface area contributed by atoms with Gasteiger partial charge < -0.3 is 24.1 Å². The maximum Gasteiger partial charge on any atom is 0.188 e. The quantitative estimate of drug-likeness (QED) is 0.217. The van der Waals surface area contributed by atoms with Crippen LogP contribution in [0, 0.1) is 0 Å². The van der Waals surface area contributed by atoms with Crippen LogP contribution < -0.4 is 25.4 Å². The van der Waals surface area contributed by atoms with Crippen LogP contribution in [0.1, 0.15) is 0 Å². The van der Waals surface area contributed by atoms with E-state index in [2.05, 4.69) is 36.4 Å². The molecule has 0 spiro atoms. The molecule has 0 atom stereocenters. The number of phenols is 1. The van der Waals surface area contributed by atoms with Crippen molar-refractivity contribution >= 4 is 45.4 Å². The van der Waals surface area contributed by atoms with Gasteiger partial charge >= 0.3 is 0 Å². The third-order valence-corrected chi connectivity index (χ3v) is 8.49. The third kappa shape index (κ3) is 4.61. The highest BCUT2D eigenvalue weighted by Gasteiger charge is 2.28. The molecule has 36 heavy (non-hydrogen) atoms. The summed E-state index contributed by atoms with van der Waals surface area (Å²) in [5.74, 6) is 1.69. The van der Waals surface area contributed by atoms with Crippen LogP contribution in [0.5, 0.6) is 17.2 Å². The zero-order valence-electron chi connectivity index (χ0n) is 20.2. The van der Waals surface area contributed by atoms with Crippen molar-refractivity contribution in [1.29, 1.82) is 0 Å². The molecule has 182 valence electrons. The number of hydrogen-bond acceptors (Lipinski definition) is 5. The normalized spacial score (nSPS) is 11.3. The van der Waals surface area contributed by atoms with Gasteiger partial charge in [-0.15, -0.1) is 0 Å². The van der Waals surface area contributed by atoms with Gasteiger partial charge in [-0.05, 0) is 36.9 Å². The van der Waals surface area contributed by atoms with Crippen LogP contribution in [-0.4, -0.2) is 32.9 Å². The van der Waals surface area contributed by atoms with Crippen LogP contribution in [0.3, 0.4) is 0 Å². The summed E-state index contributed by atoms with van der Waals surface area (Å²) < 4.78 is 23.0. The van der Waals surface area contributed by atoms with Crippen LogP contribution in [-0.2, 0) is 9.47 Å². The Labute approximate surface area is 211 Å². The molecule has 6 heteroatoms. The van der Waals surface area contributed by atoms with Crippen LogP contribution in [0.4, 0.5) is 0 Å². The van der Waals surface area contributed by atoms with Crippen molar-refractivity contribution < 1.29 is 24.1 Å². The number of para-hydroxylation sites is 1. The van der Waals surface area contributed by atoms with E-state index >= 15 is 0 Å². The maximum absolute atomic E-state index is 11.0. The zero-order chi connectivity index (χ0) is 24.9. The molecule has 0 saturated heterocycles. The van der Waals surface area contributed by atoms with Gasteiger partial charge in [0, 0.05) is 40.9 Å². The summed E-state index contributed by atoms with van der Waals surface area (Å²) in [6.45, 7) is 0.214. The fourth-order valence-electron chi connectivity index (χ4n) is 4.40. The molecule has 0 aromatic heterocycles. The number of benzene rings is 5. The van der Waals surface area contributed by atoms with Crippen molar-refractivity contribution in [1.82, 2.24) is 0 Å². The van der Waals surface area contributed by atoms with E-state index < -0.39 is 7.92 Å². The van der Waals surface area contributed by atoms with Gasteiger partial charge in [-0.3, -0.25) is 0 Å². The molecule has 5 nitrogen and oxygen atoms in total. The molecule has 0 amide bonds. The predicted octanol–water partition coefficient (Wildman–Crippen LogP) is 5.42. The zero-order valence-corrected chi connectivity index (χ0v) is 21.1. The number of ether oxygens (including phenoxy) is 4. The second-order valence-corrected chi connectivity index (χ2v) is 10.3. The van der Waals surface area contributed by atoms with E-state index in [1.54, 1.807) is 20.3 Å². The highest BCUT2D eigenvalue weighted by molar-refractivity contribution is 7.80. The Morgan fingerprint density at radius 1 is 0.556 bits per heavy atom. The molecule has 0 fully saturated rings. The molecule has 0 aliphatic rings. The molecule has 0 unspecified atom stereocenters. The van der Waals surface area contributed by atoms with E-state index in [1.807, 2.05) is 54.6 Å². The average Bonchev–Trinajstić information content (AvgIpc) is 2.92. The minimum Gasteiger partial charge on any atom is -0.507 e. The second-order valence-electron chi connectivity index (χ2n) is 8.20. The summed E-state index contributed by atoms with van der Waals surface area (Å²) in [6, 6.07) is 32.0. The van der Waals surface area contributed by atoms with Gasteiger partial charge in [0.25, 0.3) is 0 Å². The molecule has 0 heterocycles. The summed E-state index contributed by atoms with van der Waals surface area (Å²) in [4.78, 5) is 0. The molecule has 0 saturated carbocycles. The number of fused-ring (bicyclic) bond motifs is 2. The van der Waals surface area contributed by atoms with Crippen LogP contribution in [0.15, 0.2) is 97.1 Å². The molecule has 0 radical (unpaired) electrons. The molecule has 5 aromatic carbocycles. The first kappa shape index (κ1) is 24.1. The molecule has 0 aliphatic heterocycles. The Bertz CT molecular complexity index is 1410. The number of phenolic OH excluding ortho intramolecular Hbond substituents is 1. The highest BCUT2D eigenvalue weighted by atomic mass is 31.1. The minimum atomic E-state index is -1.30. The van der Waals surface area contributed by atoms with Crippen molar-refractivity contribution in [3.8, 4) is 17.2 Å². The van der Waals surface area contributed by atoms with Crippen LogP contribution in [0.25, 0.3) is 21.5 Å². The van der Waals surface area contributed by atoms with Gasteiger partial charge in [0.05, 0.1) is 0 Å². The predicted molar refractivity (Wildman–Crippen MR) is 147 cm³/mol. The largest absolute Gasteiger partial charge is 0.507 e. The standard InChI is InChI=1S/C30H27O5P/c1-32-19-34-29-23-11-5-3-9-21(23)15-17-27(29)36(26-14-8-7-13-25(26)31)28-18-16-22-10-4-6-12-24(22)30(28)35-20-33-2/h3-18,31H,19-20H2,1-2H3. The van der Waals surface area contributed by atoms with E-state index in [-0.39, 0.29) is 19.3 Å². The lowest BCUT2D eigenvalue weighted by Gasteiger charge is -2.26. The first-order valence-corrected chi connectivity index (χ1v) is 12.9. The number of hydrogen-bond donors (Lipinski definition) is 1. The van der Waals surface area contributed by atoms with Gasteiger partial charge in [0.15, 0.2) is 13.6 Å². The van der Waals surface area contributed by atoms with Crippen molar-refractivity contribution in [2.24, 2.45) is 0 Å². The summed E-state index contributed by atoms with van der Waals surface area (Å²) in [5, 5.41) is 17.9. The Hall–Kier alpha value is -3.63. The Kier molecular flexibility index (Phi) is 7.33. The van der Waals surface area contributed by atoms with Gasteiger partial charge in [-0.2, -0.15) is 0 Å². The average molecular weight is 499 g/mol. The highest BCUT2D eigenvalue weighted by Crippen LogP contribution is 2.45. The molecule has 0 aliphatic carbocycles. The smallest absolute Gasteiger partial charge is 0.188 e. The summed E-state index contributed by atoms with van der Waals surface area (Å²) in [6.07, 6.45) is 0. The molecular formula is C30H27O5P. The molecule has 1 N–H and O–H groups in total. The first-order valence-electron chi connectivity index (χ1n) is 11.6. The lowest BCUT2D eigenvalue weighted by molar-refractivity contribution is 0.0529. The molecule has 5 aromatic rings. The Morgan fingerprint density at radius 2 is 1.03 bits per heavy atom. The fraction of sp³-hybridized carbons (Fsp3) is 0.133. The lowest BCUT2D eigenvalue weighted by Crippen LogP contribution is -2.25. The van der Waals surface area contributed by atoms with E-state index in [0.29, 0.717) is 0 Å². The molecule has 5 rings (SSSR count). The van der Waals surface area contributed by atoms with E-state index in [9.17, 15) is 5.11 Å². The Balaban J connectivity index is 1.83. The number of methoxy groups -OCH3 is 2. The van der Waals surface area contributed by atoms with Gasteiger partial charge in [-0.1, -0.05) is 78.9 Å². The topological polar surface area (TPSA) is 57.2 Å². The van der Waals surface area contributed by atoms with E-state index in [0.717, 1.165) is 49.0 Å². The van der Waals surface area contributed by atoms with E-state index in [4.69, 9.17) is 18.9 Å². The summed E-state index contributed by atoms with van der Waals surface area (Å²) in [5.41, 5.74) is 0. The molecule has 0 bridgehead atoms. The number of aromatic hydroxyl groups is 1. The fourth-order valence-corrected chi connectivity index (χ4v) is 6.94. The van der Waals surface area contributed by atoms with Crippen LogP contribution >= 0.6 is 7.92 Å². The van der Waals surface area contributed by atoms with Gasteiger partial charge in [0.1, 0.15) is 17.2 Å². The minimum absolute atomic E-state index is 0.107. The van der Waals surface area contributed by atoms with Crippen molar-refractivity contribution in [3.05, 3.63) is 97.1 Å². The summed E-state index contributed by atoms with van der Waals surface area (Å²) >= 11 is 0. The maximum atomic E-state index is 11.0. The van der Waals surface area contributed by atoms with E-state index in [1.165, 1.54) is 0 Å². The van der Waals surface area contributed by atoms with Crippen molar-refractivity contribution in [2.75, 3.05) is 27.8 Å².